The van der Waals surface area contributed by atoms with Gasteiger partial charge in [-0.15, -0.1) is 0 Å². The third-order valence-electron chi connectivity index (χ3n) is 5.41. The molecule has 7 nitrogen and oxygen atoms in total. The summed E-state index contributed by atoms with van der Waals surface area (Å²) in [5.74, 6) is 1.07. The Hall–Kier alpha value is -2.29. The Labute approximate surface area is 194 Å². The van der Waals surface area contributed by atoms with Crippen molar-refractivity contribution >= 4 is 27.5 Å². The molecule has 0 radical (unpaired) electrons. The second kappa shape index (κ2) is 11.0. The van der Waals surface area contributed by atoms with E-state index in [1.54, 1.807) is 24.3 Å². The zero-order valence-corrected chi connectivity index (χ0v) is 20.0. The van der Waals surface area contributed by atoms with Gasteiger partial charge in [0.05, 0.1) is 18.6 Å². The number of ether oxygens (including phenoxy) is 2. The number of halogens is 1. The fraction of sp³-hybridized carbons (Fsp3) is 0.435. The molecule has 1 amide bonds. The van der Waals surface area contributed by atoms with Crippen molar-refractivity contribution in [1.29, 1.82) is 0 Å². The lowest BCUT2D eigenvalue weighted by Gasteiger charge is -2.17. The van der Waals surface area contributed by atoms with E-state index in [0.717, 1.165) is 18.4 Å². The first kappa shape index (κ1) is 24.4. The van der Waals surface area contributed by atoms with Gasteiger partial charge in [-0.25, -0.2) is 8.42 Å². The standard InChI is InChI=1S/C23H29ClN2O5S/c1-17-5-7-19(16-21(17)24)31-14-11-25-23(27)10-6-18-15-20(8-9-22(18)30-2)32(28,29)26-12-3-4-13-26/h5,7-9,15-16H,3-4,6,10-14H2,1-2H3,(H,25,27). The molecule has 0 aromatic heterocycles. The Morgan fingerprint density at radius 1 is 1.16 bits per heavy atom. The van der Waals surface area contributed by atoms with Crippen LogP contribution in [0.25, 0.3) is 0 Å². The predicted octanol–water partition coefficient (Wildman–Crippen LogP) is 3.57. The molecule has 0 unspecified atom stereocenters. The van der Waals surface area contributed by atoms with Crippen LogP contribution in [0.3, 0.4) is 0 Å². The first-order chi connectivity index (χ1) is 15.3. The first-order valence-electron chi connectivity index (χ1n) is 10.6. The van der Waals surface area contributed by atoms with Crippen molar-refractivity contribution in [3.63, 3.8) is 0 Å². The van der Waals surface area contributed by atoms with Crippen LogP contribution < -0.4 is 14.8 Å². The molecule has 1 fully saturated rings. The number of methoxy groups -OCH3 is 1. The van der Waals surface area contributed by atoms with Gasteiger partial charge in [0.2, 0.25) is 15.9 Å². The number of amides is 1. The van der Waals surface area contributed by atoms with Crippen molar-refractivity contribution in [2.75, 3.05) is 33.4 Å². The van der Waals surface area contributed by atoms with Gasteiger partial charge in [0.15, 0.2) is 0 Å². The van der Waals surface area contributed by atoms with Crippen LogP contribution in [0.4, 0.5) is 0 Å². The zero-order valence-electron chi connectivity index (χ0n) is 18.4. The zero-order chi connectivity index (χ0) is 23.1. The Morgan fingerprint density at radius 3 is 2.59 bits per heavy atom. The summed E-state index contributed by atoms with van der Waals surface area (Å²) < 4.78 is 38.2. The maximum atomic E-state index is 12.8. The highest BCUT2D eigenvalue weighted by Crippen LogP contribution is 2.27. The molecule has 0 atom stereocenters. The third-order valence-corrected chi connectivity index (χ3v) is 7.71. The molecule has 1 aliphatic heterocycles. The maximum absolute atomic E-state index is 12.8. The molecule has 3 rings (SSSR count). The monoisotopic (exact) mass is 480 g/mol. The number of hydrogen-bond donors (Lipinski definition) is 1. The summed E-state index contributed by atoms with van der Waals surface area (Å²) in [6, 6.07) is 10.3. The van der Waals surface area contributed by atoms with Crippen LogP contribution in [0.2, 0.25) is 5.02 Å². The van der Waals surface area contributed by atoms with Crippen LogP contribution in [0.1, 0.15) is 30.4 Å². The Morgan fingerprint density at radius 2 is 1.91 bits per heavy atom. The van der Waals surface area contributed by atoms with Gasteiger partial charge < -0.3 is 14.8 Å². The molecule has 32 heavy (non-hydrogen) atoms. The van der Waals surface area contributed by atoms with Gasteiger partial charge in [-0.1, -0.05) is 17.7 Å². The number of benzene rings is 2. The van der Waals surface area contributed by atoms with Crippen molar-refractivity contribution in [1.82, 2.24) is 9.62 Å². The lowest BCUT2D eigenvalue weighted by molar-refractivity contribution is -0.121. The molecular formula is C23H29ClN2O5S. The van der Waals surface area contributed by atoms with Crippen LogP contribution >= 0.6 is 11.6 Å². The summed E-state index contributed by atoms with van der Waals surface area (Å²) in [6.45, 7) is 3.67. The van der Waals surface area contributed by atoms with Gasteiger partial charge in [-0.3, -0.25) is 4.79 Å². The van der Waals surface area contributed by atoms with Crippen LogP contribution in [0.15, 0.2) is 41.3 Å². The van der Waals surface area contributed by atoms with Crippen LogP contribution in [-0.2, 0) is 21.2 Å². The van der Waals surface area contributed by atoms with Crippen molar-refractivity contribution in [2.24, 2.45) is 0 Å². The molecule has 2 aromatic carbocycles. The number of nitrogens with one attached hydrogen (secondary N) is 1. The highest BCUT2D eigenvalue weighted by atomic mass is 35.5. The fourth-order valence-electron chi connectivity index (χ4n) is 3.55. The third kappa shape index (κ3) is 6.15. The molecule has 1 aliphatic rings. The highest BCUT2D eigenvalue weighted by molar-refractivity contribution is 7.89. The number of sulfonamides is 1. The van der Waals surface area contributed by atoms with E-state index in [-0.39, 0.29) is 17.2 Å². The number of hydrogen-bond acceptors (Lipinski definition) is 5. The quantitative estimate of drug-likeness (QED) is 0.525. The summed E-state index contributed by atoms with van der Waals surface area (Å²) in [5, 5.41) is 3.45. The molecular weight excluding hydrogens is 452 g/mol. The average molecular weight is 481 g/mol. The molecule has 2 aromatic rings. The lowest BCUT2D eigenvalue weighted by Crippen LogP contribution is -2.28. The Bertz CT molecular complexity index is 1050. The van der Waals surface area contributed by atoms with Gasteiger partial charge in [0.1, 0.15) is 18.1 Å². The largest absolute Gasteiger partial charge is 0.496 e. The normalized spacial score (nSPS) is 14.3. The fourth-order valence-corrected chi connectivity index (χ4v) is 5.29. The second-order valence-corrected chi connectivity index (χ2v) is 10.0. The number of nitrogens with zero attached hydrogens (tertiary/aromatic N) is 1. The number of carbonyl (C=O) groups is 1. The van der Waals surface area contributed by atoms with E-state index in [4.69, 9.17) is 21.1 Å². The van der Waals surface area contributed by atoms with E-state index in [1.165, 1.54) is 11.4 Å². The molecule has 1 heterocycles. The molecule has 0 bridgehead atoms. The smallest absolute Gasteiger partial charge is 0.243 e. The second-order valence-electron chi connectivity index (χ2n) is 7.69. The van der Waals surface area contributed by atoms with Gasteiger partial charge in [0, 0.05) is 24.5 Å². The molecule has 1 N–H and O–H groups in total. The van der Waals surface area contributed by atoms with Crippen LogP contribution in [0, 0.1) is 6.92 Å². The van der Waals surface area contributed by atoms with E-state index in [9.17, 15) is 13.2 Å². The summed E-state index contributed by atoms with van der Waals surface area (Å²) >= 11 is 6.08. The molecule has 0 spiro atoms. The summed E-state index contributed by atoms with van der Waals surface area (Å²) in [5.41, 5.74) is 1.66. The van der Waals surface area contributed by atoms with E-state index >= 15 is 0 Å². The SMILES string of the molecule is COc1ccc(S(=O)(=O)N2CCCC2)cc1CCC(=O)NCCOc1ccc(C)c(Cl)c1. The van der Waals surface area contributed by atoms with Gasteiger partial charge in [0.25, 0.3) is 0 Å². The first-order valence-corrected chi connectivity index (χ1v) is 12.5. The highest BCUT2D eigenvalue weighted by Gasteiger charge is 2.27. The lowest BCUT2D eigenvalue weighted by atomic mass is 10.1. The van der Waals surface area contributed by atoms with Crippen LogP contribution in [0.5, 0.6) is 11.5 Å². The van der Waals surface area contributed by atoms with Crippen molar-refractivity contribution in [3.8, 4) is 11.5 Å². The summed E-state index contributed by atoms with van der Waals surface area (Å²) in [7, 11) is -1.99. The Balaban J connectivity index is 1.52. The molecule has 0 aliphatic carbocycles. The minimum atomic E-state index is -3.52. The average Bonchev–Trinajstić information content (AvgIpc) is 3.33. The van der Waals surface area contributed by atoms with Crippen LogP contribution in [-0.4, -0.2) is 52.0 Å². The van der Waals surface area contributed by atoms with Gasteiger partial charge in [-0.05, 0) is 67.6 Å². The minimum Gasteiger partial charge on any atom is -0.496 e. The van der Waals surface area contributed by atoms with E-state index in [2.05, 4.69) is 5.32 Å². The number of rotatable bonds is 10. The minimum absolute atomic E-state index is 0.148. The van der Waals surface area contributed by atoms with Crippen molar-refractivity contribution in [3.05, 3.63) is 52.5 Å². The number of carbonyl (C=O) groups excluding carboxylic acids is 1. The summed E-state index contributed by atoms with van der Waals surface area (Å²) in [6.07, 6.45) is 2.33. The van der Waals surface area contributed by atoms with E-state index in [1.807, 2.05) is 19.1 Å². The van der Waals surface area contributed by atoms with Crippen molar-refractivity contribution < 1.29 is 22.7 Å². The molecule has 1 saturated heterocycles. The topological polar surface area (TPSA) is 84.9 Å². The maximum Gasteiger partial charge on any atom is 0.243 e. The van der Waals surface area contributed by atoms with E-state index < -0.39 is 10.0 Å². The van der Waals surface area contributed by atoms with E-state index in [0.29, 0.717) is 54.7 Å². The van der Waals surface area contributed by atoms with Gasteiger partial charge in [-0.2, -0.15) is 4.31 Å². The molecule has 9 heteroatoms. The molecule has 0 saturated carbocycles. The van der Waals surface area contributed by atoms with Gasteiger partial charge >= 0.3 is 0 Å². The van der Waals surface area contributed by atoms with Crippen molar-refractivity contribution in [2.45, 2.75) is 37.5 Å². The predicted molar refractivity (Wildman–Crippen MR) is 124 cm³/mol. The number of aryl methyl sites for hydroxylation is 2. The Kier molecular flexibility index (Phi) is 8.39. The summed E-state index contributed by atoms with van der Waals surface area (Å²) in [4.78, 5) is 12.5. The molecule has 174 valence electrons.